The number of rotatable bonds is 7. The molecule has 0 aliphatic carbocycles. The van der Waals surface area contributed by atoms with Gasteiger partial charge in [0.1, 0.15) is 0 Å². The van der Waals surface area contributed by atoms with E-state index in [2.05, 4.69) is 10.6 Å². The van der Waals surface area contributed by atoms with Gasteiger partial charge in [0, 0.05) is 25.2 Å². The van der Waals surface area contributed by atoms with Crippen LogP contribution in [0.25, 0.3) is 0 Å². The van der Waals surface area contributed by atoms with Crippen molar-refractivity contribution in [2.45, 2.75) is 25.9 Å². The molecule has 0 saturated heterocycles. The second kappa shape index (κ2) is 11.3. The van der Waals surface area contributed by atoms with Gasteiger partial charge >= 0.3 is 0 Å². The molecule has 0 spiro atoms. The number of carbonyl (C=O) groups excluding carboxylic acids is 2. The minimum absolute atomic E-state index is 0. The van der Waals surface area contributed by atoms with Gasteiger partial charge in [-0.15, -0.1) is 24.8 Å². The van der Waals surface area contributed by atoms with Gasteiger partial charge in [-0.25, -0.2) is 0 Å². The quantitative estimate of drug-likeness (QED) is 0.664. The normalized spacial score (nSPS) is 10.4. The highest BCUT2D eigenvalue weighted by Gasteiger charge is 2.21. The Labute approximate surface area is 156 Å². The third kappa shape index (κ3) is 9.08. The fraction of sp³-hybridized carbons (Fsp3) is 0.500. The lowest BCUT2D eigenvalue weighted by atomic mass is 10.1. The average molecular weight is 379 g/mol. The van der Waals surface area contributed by atoms with Crippen molar-refractivity contribution in [3.05, 3.63) is 35.4 Å². The minimum Gasteiger partial charge on any atom is -0.351 e. The van der Waals surface area contributed by atoms with Crippen molar-refractivity contribution in [1.82, 2.24) is 15.5 Å². The van der Waals surface area contributed by atoms with Gasteiger partial charge in [-0.3, -0.25) is 9.59 Å². The molecule has 0 aliphatic rings. The number of hydrogen-bond acceptors (Lipinski definition) is 4. The molecule has 1 rings (SSSR count). The van der Waals surface area contributed by atoms with E-state index in [-0.39, 0.29) is 36.6 Å². The molecule has 0 unspecified atom stereocenters. The maximum absolute atomic E-state index is 12.0. The Morgan fingerprint density at radius 1 is 1.17 bits per heavy atom. The van der Waals surface area contributed by atoms with Crippen molar-refractivity contribution >= 4 is 36.6 Å². The molecular weight excluding hydrogens is 351 g/mol. The molecule has 24 heavy (non-hydrogen) atoms. The summed E-state index contributed by atoms with van der Waals surface area (Å²) in [6.45, 7) is 5.02. The van der Waals surface area contributed by atoms with Crippen LogP contribution in [0.3, 0.4) is 0 Å². The second-order valence-electron chi connectivity index (χ2n) is 6.16. The van der Waals surface area contributed by atoms with Crippen LogP contribution in [0.4, 0.5) is 0 Å². The Bertz CT molecular complexity index is 531. The van der Waals surface area contributed by atoms with Crippen LogP contribution in [-0.2, 0) is 11.3 Å². The summed E-state index contributed by atoms with van der Waals surface area (Å²) < 4.78 is 0. The van der Waals surface area contributed by atoms with Crippen LogP contribution in [-0.4, -0.2) is 49.4 Å². The summed E-state index contributed by atoms with van der Waals surface area (Å²) in [7, 11) is 3.91. The maximum Gasteiger partial charge on any atom is 0.251 e. The summed E-state index contributed by atoms with van der Waals surface area (Å²) in [5, 5.41) is 5.62. The number of halogens is 2. The summed E-state index contributed by atoms with van der Waals surface area (Å²) >= 11 is 0. The Morgan fingerprint density at radius 3 is 2.33 bits per heavy atom. The molecule has 0 heterocycles. The van der Waals surface area contributed by atoms with E-state index in [4.69, 9.17) is 5.73 Å². The van der Waals surface area contributed by atoms with E-state index in [9.17, 15) is 9.59 Å². The Balaban J connectivity index is 0. The van der Waals surface area contributed by atoms with E-state index in [1.54, 1.807) is 32.0 Å². The highest BCUT2D eigenvalue weighted by molar-refractivity contribution is 5.94. The molecular formula is C16H28Cl2N4O2. The van der Waals surface area contributed by atoms with Gasteiger partial charge in [-0.2, -0.15) is 0 Å². The van der Waals surface area contributed by atoms with Crippen molar-refractivity contribution in [3.8, 4) is 0 Å². The predicted molar refractivity (Wildman–Crippen MR) is 102 cm³/mol. The first-order chi connectivity index (χ1) is 10.2. The van der Waals surface area contributed by atoms with Crippen molar-refractivity contribution in [1.29, 1.82) is 0 Å². The molecule has 6 nitrogen and oxygen atoms in total. The molecule has 8 heteroatoms. The molecule has 1 aromatic rings. The molecule has 1 aromatic carbocycles. The van der Waals surface area contributed by atoms with Crippen LogP contribution in [0.5, 0.6) is 0 Å². The zero-order chi connectivity index (χ0) is 16.8. The van der Waals surface area contributed by atoms with E-state index in [1.807, 2.05) is 25.1 Å². The smallest absolute Gasteiger partial charge is 0.251 e. The largest absolute Gasteiger partial charge is 0.351 e. The number of hydrogen-bond donors (Lipinski definition) is 3. The number of carbonyl (C=O) groups is 2. The van der Waals surface area contributed by atoms with E-state index in [1.165, 1.54) is 0 Å². The van der Waals surface area contributed by atoms with E-state index in [0.29, 0.717) is 18.7 Å². The lowest BCUT2D eigenvalue weighted by molar-refractivity contribution is -0.125. The molecule has 2 amide bonds. The van der Waals surface area contributed by atoms with Gasteiger partial charge < -0.3 is 21.3 Å². The van der Waals surface area contributed by atoms with Crippen molar-refractivity contribution < 1.29 is 9.59 Å². The minimum atomic E-state index is -0.916. The summed E-state index contributed by atoms with van der Waals surface area (Å²) in [6, 6.07) is 7.19. The average Bonchev–Trinajstić information content (AvgIpc) is 2.43. The van der Waals surface area contributed by atoms with Crippen molar-refractivity contribution in [2.24, 2.45) is 5.73 Å². The first-order valence-electron chi connectivity index (χ1n) is 7.29. The van der Waals surface area contributed by atoms with Crippen LogP contribution in [0.15, 0.2) is 24.3 Å². The highest BCUT2D eigenvalue weighted by Crippen LogP contribution is 2.06. The number of likely N-dealkylation sites (N-methyl/N-ethyl adjacent to an activating group) is 1. The Hall–Kier alpha value is -1.34. The molecule has 0 bridgehead atoms. The molecule has 0 saturated carbocycles. The monoisotopic (exact) mass is 378 g/mol. The first-order valence-corrected chi connectivity index (χ1v) is 7.29. The summed E-state index contributed by atoms with van der Waals surface area (Å²) in [6.07, 6.45) is 0. The van der Waals surface area contributed by atoms with Gasteiger partial charge in [0.25, 0.3) is 5.91 Å². The number of nitrogens with one attached hydrogen (secondary N) is 2. The van der Waals surface area contributed by atoms with Crippen LogP contribution < -0.4 is 16.4 Å². The van der Waals surface area contributed by atoms with Crippen LogP contribution in [0.1, 0.15) is 29.8 Å². The fourth-order valence-corrected chi connectivity index (χ4v) is 1.73. The Morgan fingerprint density at radius 2 is 1.79 bits per heavy atom. The number of nitrogens with zero attached hydrogens (tertiary/aromatic N) is 1. The standard InChI is InChI=1S/C16H26N4O2.2ClH/c1-16(2,17)15(22)19-11-12-6-5-7-13(10-12)14(21)18-8-9-20(3)4;;/h5-7,10H,8-9,11,17H2,1-4H3,(H,18,21)(H,19,22);2*1H. The Kier molecular flexibility index (Phi) is 11.7. The van der Waals surface area contributed by atoms with Crippen LogP contribution in [0, 0.1) is 0 Å². The van der Waals surface area contributed by atoms with E-state index < -0.39 is 5.54 Å². The molecule has 0 fully saturated rings. The van der Waals surface area contributed by atoms with Gasteiger partial charge in [0.15, 0.2) is 0 Å². The molecule has 0 atom stereocenters. The van der Waals surface area contributed by atoms with E-state index in [0.717, 1.165) is 12.1 Å². The van der Waals surface area contributed by atoms with Crippen molar-refractivity contribution in [2.75, 3.05) is 27.2 Å². The molecule has 0 radical (unpaired) electrons. The number of nitrogens with two attached hydrogens (primary N) is 1. The highest BCUT2D eigenvalue weighted by atomic mass is 35.5. The van der Waals surface area contributed by atoms with Gasteiger partial charge in [-0.05, 0) is 45.6 Å². The lowest BCUT2D eigenvalue weighted by Crippen LogP contribution is -2.48. The van der Waals surface area contributed by atoms with Crippen LogP contribution in [0.2, 0.25) is 0 Å². The summed E-state index contributed by atoms with van der Waals surface area (Å²) in [5.74, 6) is -0.345. The molecule has 138 valence electrons. The van der Waals surface area contributed by atoms with Gasteiger partial charge in [0.2, 0.25) is 5.91 Å². The maximum atomic E-state index is 12.0. The predicted octanol–water partition coefficient (Wildman–Crippen LogP) is 1.18. The molecule has 0 aromatic heterocycles. The summed E-state index contributed by atoms with van der Waals surface area (Å²) in [5.41, 5.74) is 6.25. The fourth-order valence-electron chi connectivity index (χ4n) is 1.73. The third-order valence-electron chi connectivity index (χ3n) is 3.07. The summed E-state index contributed by atoms with van der Waals surface area (Å²) in [4.78, 5) is 25.8. The van der Waals surface area contributed by atoms with Gasteiger partial charge in [0.05, 0.1) is 5.54 Å². The van der Waals surface area contributed by atoms with Gasteiger partial charge in [-0.1, -0.05) is 12.1 Å². The number of benzene rings is 1. The van der Waals surface area contributed by atoms with E-state index >= 15 is 0 Å². The van der Waals surface area contributed by atoms with Crippen molar-refractivity contribution in [3.63, 3.8) is 0 Å². The second-order valence-corrected chi connectivity index (χ2v) is 6.16. The molecule has 4 N–H and O–H groups in total. The third-order valence-corrected chi connectivity index (χ3v) is 3.07. The molecule has 0 aliphatic heterocycles. The first kappa shape index (κ1) is 24.9. The van der Waals surface area contributed by atoms with Crippen LogP contribution >= 0.6 is 24.8 Å². The lowest BCUT2D eigenvalue weighted by Gasteiger charge is -2.18. The SMILES string of the molecule is CN(C)CCNC(=O)c1cccc(CNC(=O)C(C)(C)N)c1.Cl.Cl. The topological polar surface area (TPSA) is 87.5 Å². The zero-order valence-electron chi connectivity index (χ0n) is 14.6. The number of amides is 2. The zero-order valence-corrected chi connectivity index (χ0v) is 16.2.